The minimum atomic E-state index is 0.212. The monoisotopic (exact) mass is 285 g/mol. The fourth-order valence-electron chi connectivity index (χ4n) is 4.40. The van der Waals surface area contributed by atoms with Crippen molar-refractivity contribution in [3.8, 4) is 0 Å². The molecule has 114 valence electrons. The van der Waals surface area contributed by atoms with Crippen LogP contribution in [0.25, 0.3) is 0 Å². The smallest absolute Gasteiger partial charge is 0.224 e. The normalized spacial score (nSPS) is 27.3. The number of benzene rings is 1. The Bertz CT molecular complexity index is 534. The molecule has 1 aromatic rings. The number of fused-ring (bicyclic) bond motifs is 2. The molecule has 2 nitrogen and oxygen atoms in total. The second-order valence-corrected chi connectivity index (χ2v) is 7.38. The summed E-state index contributed by atoms with van der Waals surface area (Å²) in [4.78, 5) is 12.5. The summed E-state index contributed by atoms with van der Waals surface area (Å²) in [5.74, 6) is 3.02. The molecule has 2 aliphatic rings. The van der Waals surface area contributed by atoms with Gasteiger partial charge in [0.1, 0.15) is 0 Å². The van der Waals surface area contributed by atoms with E-state index in [0.29, 0.717) is 18.3 Å². The molecule has 2 aliphatic carbocycles. The fraction of sp³-hybridized carbons (Fsp3) is 0.632. The third kappa shape index (κ3) is 3.00. The molecule has 1 aromatic carbocycles. The molecule has 1 N–H and O–H groups in total. The van der Waals surface area contributed by atoms with Gasteiger partial charge in [0.05, 0.1) is 0 Å². The third-order valence-corrected chi connectivity index (χ3v) is 5.52. The van der Waals surface area contributed by atoms with E-state index in [1.165, 1.54) is 36.8 Å². The van der Waals surface area contributed by atoms with E-state index in [9.17, 15) is 4.79 Å². The number of rotatable bonds is 4. The molecule has 0 unspecified atom stereocenters. The van der Waals surface area contributed by atoms with E-state index in [1.807, 2.05) is 0 Å². The summed E-state index contributed by atoms with van der Waals surface area (Å²) in [6.45, 7) is 6.44. The van der Waals surface area contributed by atoms with Gasteiger partial charge in [0, 0.05) is 12.1 Å². The molecule has 21 heavy (non-hydrogen) atoms. The summed E-state index contributed by atoms with van der Waals surface area (Å²) in [6, 6.07) is 6.29. The predicted octanol–water partition coefficient (Wildman–Crippen LogP) is 4.88. The predicted molar refractivity (Wildman–Crippen MR) is 87.5 cm³/mol. The number of carbonyl (C=O) groups excluding carboxylic acids is 1. The van der Waals surface area contributed by atoms with Gasteiger partial charge >= 0.3 is 0 Å². The molecular formula is C19H27NO. The molecule has 2 heteroatoms. The number of amides is 1. The lowest BCUT2D eigenvalue weighted by Gasteiger charge is -2.22. The minimum absolute atomic E-state index is 0.212. The minimum Gasteiger partial charge on any atom is -0.326 e. The van der Waals surface area contributed by atoms with Gasteiger partial charge in [-0.25, -0.2) is 0 Å². The van der Waals surface area contributed by atoms with Gasteiger partial charge in [-0.2, -0.15) is 0 Å². The molecule has 0 saturated heterocycles. The topological polar surface area (TPSA) is 29.1 Å². The van der Waals surface area contributed by atoms with Crippen molar-refractivity contribution < 1.29 is 4.79 Å². The Morgan fingerprint density at radius 2 is 2.10 bits per heavy atom. The highest BCUT2D eigenvalue weighted by molar-refractivity contribution is 5.92. The van der Waals surface area contributed by atoms with Crippen molar-refractivity contribution in [1.82, 2.24) is 0 Å². The van der Waals surface area contributed by atoms with Crippen LogP contribution in [0.4, 0.5) is 5.69 Å². The zero-order valence-electron chi connectivity index (χ0n) is 13.5. The van der Waals surface area contributed by atoms with Crippen LogP contribution in [0, 0.1) is 24.7 Å². The van der Waals surface area contributed by atoms with Crippen molar-refractivity contribution in [3.63, 3.8) is 0 Å². The van der Waals surface area contributed by atoms with Gasteiger partial charge in [-0.15, -0.1) is 0 Å². The number of hydrogen-bond donors (Lipinski definition) is 1. The van der Waals surface area contributed by atoms with Crippen LogP contribution in [-0.2, 0) is 4.79 Å². The van der Waals surface area contributed by atoms with Crippen LogP contribution < -0.4 is 5.32 Å². The van der Waals surface area contributed by atoms with E-state index < -0.39 is 0 Å². The van der Waals surface area contributed by atoms with E-state index in [0.717, 1.165) is 17.5 Å². The van der Waals surface area contributed by atoms with Gasteiger partial charge in [-0.05, 0) is 61.0 Å². The Hall–Kier alpha value is -1.31. The van der Waals surface area contributed by atoms with E-state index >= 15 is 0 Å². The van der Waals surface area contributed by atoms with E-state index in [4.69, 9.17) is 0 Å². The van der Waals surface area contributed by atoms with E-state index in [1.54, 1.807) is 0 Å². The Morgan fingerprint density at radius 3 is 2.71 bits per heavy atom. The van der Waals surface area contributed by atoms with Gasteiger partial charge in [-0.1, -0.05) is 38.5 Å². The summed E-state index contributed by atoms with van der Waals surface area (Å²) in [5, 5.41) is 3.21. The number of anilines is 1. The highest BCUT2D eigenvalue weighted by Crippen LogP contribution is 2.49. The van der Waals surface area contributed by atoms with Crippen LogP contribution in [0.2, 0.25) is 0 Å². The first-order valence-electron chi connectivity index (χ1n) is 8.44. The van der Waals surface area contributed by atoms with Gasteiger partial charge in [0.2, 0.25) is 5.91 Å². The van der Waals surface area contributed by atoms with E-state index in [2.05, 4.69) is 44.3 Å². The zero-order valence-corrected chi connectivity index (χ0v) is 13.5. The molecule has 0 aliphatic heterocycles. The first kappa shape index (κ1) is 14.6. The number of para-hydroxylation sites is 1. The first-order chi connectivity index (χ1) is 10.0. The fourth-order valence-corrected chi connectivity index (χ4v) is 4.40. The maximum absolute atomic E-state index is 12.5. The van der Waals surface area contributed by atoms with Crippen molar-refractivity contribution in [1.29, 1.82) is 0 Å². The summed E-state index contributed by atoms with van der Waals surface area (Å²) >= 11 is 0. The van der Waals surface area contributed by atoms with Crippen molar-refractivity contribution in [3.05, 3.63) is 29.3 Å². The number of nitrogens with one attached hydrogen (secondary N) is 1. The maximum atomic E-state index is 12.5. The van der Waals surface area contributed by atoms with Crippen LogP contribution in [0.5, 0.6) is 0 Å². The molecule has 3 rings (SSSR count). The van der Waals surface area contributed by atoms with E-state index in [-0.39, 0.29) is 5.91 Å². The van der Waals surface area contributed by atoms with Gasteiger partial charge in [-0.3, -0.25) is 4.79 Å². The summed E-state index contributed by atoms with van der Waals surface area (Å²) in [6.07, 6.45) is 6.12. The molecule has 0 spiro atoms. The average molecular weight is 285 g/mol. The van der Waals surface area contributed by atoms with Gasteiger partial charge < -0.3 is 5.32 Å². The SMILES string of the molecule is Cc1cccc(C(C)C)c1NC(=O)C[C@@H]1C[C@H]2CC[C@H]1C2. The van der Waals surface area contributed by atoms with Crippen molar-refractivity contribution >= 4 is 11.6 Å². The lowest BCUT2D eigenvalue weighted by molar-refractivity contribution is -0.117. The van der Waals surface area contributed by atoms with Crippen molar-refractivity contribution in [2.45, 2.75) is 58.8 Å². The lowest BCUT2D eigenvalue weighted by atomic mass is 9.86. The quantitative estimate of drug-likeness (QED) is 0.839. The zero-order chi connectivity index (χ0) is 15.0. The average Bonchev–Trinajstić information content (AvgIpc) is 3.03. The Kier molecular flexibility index (Phi) is 4.05. The molecular weight excluding hydrogens is 258 g/mol. The highest BCUT2D eigenvalue weighted by atomic mass is 16.1. The Labute approximate surface area is 128 Å². The van der Waals surface area contributed by atoms with Crippen LogP contribution in [0.1, 0.15) is 63.0 Å². The first-order valence-corrected chi connectivity index (χ1v) is 8.44. The van der Waals surface area contributed by atoms with Crippen LogP contribution in [0.3, 0.4) is 0 Å². The molecule has 3 atom stereocenters. The van der Waals surface area contributed by atoms with Crippen molar-refractivity contribution in [2.75, 3.05) is 5.32 Å². The molecule has 0 heterocycles. The summed E-state index contributed by atoms with van der Waals surface area (Å²) in [7, 11) is 0. The standard InChI is InChI=1S/C19H27NO/c1-12(2)17-6-4-5-13(3)19(17)20-18(21)11-16-10-14-7-8-15(16)9-14/h4-6,12,14-16H,7-11H2,1-3H3,(H,20,21)/t14-,15-,16-/m0/s1. The Balaban J connectivity index is 1.67. The second kappa shape index (κ2) is 5.82. The molecule has 1 amide bonds. The maximum Gasteiger partial charge on any atom is 0.224 e. The van der Waals surface area contributed by atoms with Gasteiger partial charge in [0.25, 0.3) is 0 Å². The number of hydrogen-bond acceptors (Lipinski definition) is 1. The Morgan fingerprint density at radius 1 is 1.29 bits per heavy atom. The summed E-state index contributed by atoms with van der Waals surface area (Å²) < 4.78 is 0. The van der Waals surface area contributed by atoms with Gasteiger partial charge in [0.15, 0.2) is 0 Å². The summed E-state index contributed by atoms with van der Waals surface area (Å²) in [5.41, 5.74) is 3.46. The molecule has 2 fully saturated rings. The second-order valence-electron chi connectivity index (χ2n) is 7.38. The van der Waals surface area contributed by atoms with Crippen LogP contribution in [-0.4, -0.2) is 5.91 Å². The largest absolute Gasteiger partial charge is 0.326 e. The van der Waals surface area contributed by atoms with Crippen LogP contribution >= 0.6 is 0 Å². The van der Waals surface area contributed by atoms with Crippen LogP contribution in [0.15, 0.2) is 18.2 Å². The number of carbonyl (C=O) groups is 1. The molecule has 2 bridgehead atoms. The molecule has 2 saturated carbocycles. The lowest BCUT2D eigenvalue weighted by Crippen LogP contribution is -2.21. The number of aryl methyl sites for hydroxylation is 1. The van der Waals surface area contributed by atoms with Crippen molar-refractivity contribution in [2.24, 2.45) is 17.8 Å². The molecule has 0 radical (unpaired) electrons. The highest BCUT2D eigenvalue weighted by Gasteiger charge is 2.40. The third-order valence-electron chi connectivity index (χ3n) is 5.52. The molecule has 0 aromatic heterocycles.